The Bertz CT molecular complexity index is 994. The van der Waals surface area contributed by atoms with E-state index < -0.39 is 10.0 Å². The van der Waals surface area contributed by atoms with Crippen LogP contribution in [0.1, 0.15) is 17.0 Å². The predicted octanol–water partition coefficient (Wildman–Crippen LogP) is 3.46. The summed E-state index contributed by atoms with van der Waals surface area (Å²) in [5, 5.41) is 7.74. The molecule has 1 N–H and O–H groups in total. The Hall–Kier alpha value is -2.67. The molecule has 0 aliphatic carbocycles. The number of rotatable bonds is 4. The van der Waals surface area contributed by atoms with Crippen molar-refractivity contribution in [3.63, 3.8) is 0 Å². The number of benzene rings is 2. The van der Waals surface area contributed by atoms with Gasteiger partial charge in [0.1, 0.15) is 0 Å². The summed E-state index contributed by atoms with van der Waals surface area (Å²) in [6.07, 6.45) is 0. The lowest BCUT2D eigenvalue weighted by molar-refractivity contribution is 0.533. The molecule has 0 aliphatic rings. The lowest BCUT2D eigenvalue weighted by Gasteiger charge is -2.12. The van der Waals surface area contributed by atoms with E-state index in [0.29, 0.717) is 17.1 Å². The molecule has 0 spiro atoms. The summed E-state index contributed by atoms with van der Waals surface area (Å²) in [6, 6.07) is 11.9. The van der Waals surface area contributed by atoms with E-state index in [0.717, 1.165) is 11.1 Å². The first-order valence-electron chi connectivity index (χ1n) is 7.36. The van der Waals surface area contributed by atoms with Crippen LogP contribution in [0.3, 0.4) is 0 Å². The summed E-state index contributed by atoms with van der Waals surface area (Å²) in [7, 11) is -3.72. The van der Waals surface area contributed by atoms with Crippen LogP contribution in [0.2, 0.25) is 0 Å². The summed E-state index contributed by atoms with van der Waals surface area (Å²) in [5.41, 5.74) is 2.87. The van der Waals surface area contributed by atoms with Crippen molar-refractivity contribution in [2.75, 3.05) is 4.72 Å². The zero-order chi connectivity index (χ0) is 17.3. The normalized spacial score (nSPS) is 11.5. The third kappa shape index (κ3) is 3.16. The summed E-state index contributed by atoms with van der Waals surface area (Å²) >= 11 is 0. The molecule has 0 atom stereocenters. The Kier molecular flexibility index (Phi) is 4.11. The van der Waals surface area contributed by atoms with E-state index in [-0.39, 0.29) is 10.8 Å². The molecule has 24 heavy (non-hydrogen) atoms. The monoisotopic (exact) mass is 343 g/mol. The fourth-order valence-electron chi connectivity index (χ4n) is 2.25. The zero-order valence-corrected chi connectivity index (χ0v) is 14.4. The van der Waals surface area contributed by atoms with Gasteiger partial charge in [-0.1, -0.05) is 18.2 Å². The molecule has 7 heteroatoms. The van der Waals surface area contributed by atoms with E-state index in [2.05, 4.69) is 14.9 Å². The topological polar surface area (TPSA) is 85.1 Å². The Morgan fingerprint density at radius 2 is 1.71 bits per heavy atom. The van der Waals surface area contributed by atoms with E-state index in [1.165, 1.54) is 0 Å². The zero-order valence-electron chi connectivity index (χ0n) is 13.6. The molecule has 0 saturated heterocycles. The molecule has 2 aromatic carbocycles. The van der Waals surface area contributed by atoms with E-state index in [1.807, 2.05) is 13.8 Å². The van der Waals surface area contributed by atoms with Gasteiger partial charge in [0.05, 0.1) is 16.1 Å². The van der Waals surface area contributed by atoms with Gasteiger partial charge in [0.25, 0.3) is 10.0 Å². The maximum atomic E-state index is 12.7. The molecule has 124 valence electrons. The first kappa shape index (κ1) is 16.2. The molecule has 0 aliphatic heterocycles. The molecule has 0 bridgehead atoms. The van der Waals surface area contributed by atoms with Crippen LogP contribution in [0.5, 0.6) is 0 Å². The third-order valence-electron chi connectivity index (χ3n) is 3.72. The number of nitrogens with zero attached hydrogens (tertiary/aromatic N) is 2. The van der Waals surface area contributed by atoms with Crippen molar-refractivity contribution in [3.8, 4) is 11.5 Å². The second-order valence-corrected chi connectivity index (χ2v) is 7.21. The number of aromatic nitrogens is 2. The third-order valence-corrected chi connectivity index (χ3v) is 5.08. The maximum Gasteiger partial charge on any atom is 0.261 e. The Balaban J connectivity index is 2.00. The molecular formula is C17H17N3O3S. The van der Waals surface area contributed by atoms with Crippen molar-refractivity contribution in [1.29, 1.82) is 0 Å². The molecule has 3 rings (SSSR count). The number of nitrogens with one attached hydrogen (secondary N) is 1. The molecule has 0 radical (unpaired) electrons. The molecule has 1 heterocycles. The molecule has 6 nitrogen and oxygen atoms in total. The maximum absolute atomic E-state index is 12.7. The molecule has 0 saturated carbocycles. The van der Waals surface area contributed by atoms with Gasteiger partial charge in [-0.15, -0.1) is 10.2 Å². The molecule has 0 fully saturated rings. The highest BCUT2D eigenvalue weighted by Gasteiger charge is 2.19. The molecule has 3 aromatic rings. The Morgan fingerprint density at radius 1 is 0.958 bits per heavy atom. The molecule has 0 unspecified atom stereocenters. The van der Waals surface area contributed by atoms with Gasteiger partial charge in [0.2, 0.25) is 11.8 Å². The number of sulfonamides is 1. The summed E-state index contributed by atoms with van der Waals surface area (Å²) < 4.78 is 33.4. The van der Waals surface area contributed by atoms with Crippen LogP contribution >= 0.6 is 0 Å². The SMILES string of the molecule is Cc1nnc(-c2ccccc2NS(=O)(=O)c2ccc(C)c(C)c2)o1. The number of para-hydroxylation sites is 1. The number of anilines is 1. The first-order chi connectivity index (χ1) is 11.4. The largest absolute Gasteiger partial charge is 0.421 e. The van der Waals surface area contributed by atoms with Crippen LogP contribution in [-0.2, 0) is 10.0 Å². The summed E-state index contributed by atoms with van der Waals surface area (Å²) in [5.74, 6) is 0.683. The van der Waals surface area contributed by atoms with Crippen LogP contribution in [0.15, 0.2) is 51.8 Å². The van der Waals surface area contributed by atoms with Crippen molar-refractivity contribution in [3.05, 3.63) is 59.5 Å². The lowest BCUT2D eigenvalue weighted by atomic mass is 10.1. The second kappa shape index (κ2) is 6.09. The fourth-order valence-corrected chi connectivity index (χ4v) is 3.41. The van der Waals surface area contributed by atoms with Gasteiger partial charge >= 0.3 is 0 Å². The highest BCUT2D eigenvalue weighted by atomic mass is 32.2. The highest BCUT2D eigenvalue weighted by molar-refractivity contribution is 7.92. The quantitative estimate of drug-likeness (QED) is 0.784. The average molecular weight is 343 g/mol. The minimum atomic E-state index is -3.72. The minimum absolute atomic E-state index is 0.210. The number of hydrogen-bond donors (Lipinski definition) is 1. The minimum Gasteiger partial charge on any atom is -0.421 e. The molecule has 0 amide bonds. The van der Waals surface area contributed by atoms with Gasteiger partial charge < -0.3 is 4.42 Å². The average Bonchev–Trinajstić information content (AvgIpc) is 2.96. The van der Waals surface area contributed by atoms with Crippen LogP contribution in [-0.4, -0.2) is 18.6 Å². The lowest BCUT2D eigenvalue weighted by Crippen LogP contribution is -2.14. The smallest absolute Gasteiger partial charge is 0.261 e. The first-order valence-corrected chi connectivity index (χ1v) is 8.85. The predicted molar refractivity (Wildman–Crippen MR) is 91.2 cm³/mol. The van der Waals surface area contributed by atoms with Crippen molar-refractivity contribution < 1.29 is 12.8 Å². The van der Waals surface area contributed by atoms with Crippen LogP contribution < -0.4 is 4.72 Å². The molecular weight excluding hydrogens is 326 g/mol. The highest BCUT2D eigenvalue weighted by Crippen LogP contribution is 2.29. The van der Waals surface area contributed by atoms with Crippen molar-refractivity contribution >= 4 is 15.7 Å². The van der Waals surface area contributed by atoms with Crippen LogP contribution in [0, 0.1) is 20.8 Å². The second-order valence-electron chi connectivity index (χ2n) is 5.52. The Labute approximate surface area is 140 Å². The summed E-state index contributed by atoms with van der Waals surface area (Å²) in [6.45, 7) is 5.49. The van der Waals surface area contributed by atoms with E-state index in [4.69, 9.17) is 4.42 Å². The van der Waals surface area contributed by atoms with Crippen LogP contribution in [0.4, 0.5) is 5.69 Å². The van der Waals surface area contributed by atoms with Crippen molar-refractivity contribution in [2.24, 2.45) is 0 Å². The Morgan fingerprint density at radius 3 is 2.38 bits per heavy atom. The van der Waals surface area contributed by atoms with Gasteiger partial charge in [-0.3, -0.25) is 4.72 Å². The van der Waals surface area contributed by atoms with E-state index >= 15 is 0 Å². The van der Waals surface area contributed by atoms with E-state index in [9.17, 15) is 8.42 Å². The standard InChI is InChI=1S/C17H17N3O3S/c1-11-8-9-14(10-12(11)2)24(21,22)20-16-7-5-4-6-15(16)17-19-18-13(3)23-17/h4-10,20H,1-3H3. The van der Waals surface area contributed by atoms with Crippen molar-refractivity contribution in [1.82, 2.24) is 10.2 Å². The fraction of sp³-hybridized carbons (Fsp3) is 0.176. The van der Waals surface area contributed by atoms with Crippen LogP contribution in [0.25, 0.3) is 11.5 Å². The van der Waals surface area contributed by atoms with Crippen molar-refractivity contribution in [2.45, 2.75) is 25.7 Å². The number of hydrogen-bond acceptors (Lipinski definition) is 5. The van der Waals surface area contributed by atoms with E-state index in [1.54, 1.807) is 49.4 Å². The van der Waals surface area contributed by atoms with Gasteiger partial charge in [0, 0.05) is 6.92 Å². The van der Waals surface area contributed by atoms with Gasteiger partial charge in [-0.05, 0) is 49.2 Å². The summed E-state index contributed by atoms with van der Waals surface area (Å²) in [4.78, 5) is 0.210. The number of aryl methyl sites for hydroxylation is 3. The van der Waals surface area contributed by atoms with Gasteiger partial charge in [0.15, 0.2) is 0 Å². The molecule has 1 aromatic heterocycles. The van der Waals surface area contributed by atoms with Gasteiger partial charge in [-0.25, -0.2) is 8.42 Å². The van der Waals surface area contributed by atoms with Gasteiger partial charge in [-0.2, -0.15) is 0 Å².